The van der Waals surface area contributed by atoms with Crippen molar-refractivity contribution in [3.05, 3.63) is 163 Å². The van der Waals surface area contributed by atoms with E-state index >= 15 is 0 Å². The van der Waals surface area contributed by atoms with E-state index in [1.165, 1.54) is 81.4 Å². The van der Waals surface area contributed by atoms with Crippen LogP contribution in [0, 0.1) is 0 Å². The lowest BCUT2D eigenvalue weighted by molar-refractivity contribution is 0.668. The molecule has 0 radical (unpaired) electrons. The zero-order valence-corrected chi connectivity index (χ0v) is 27.2. The number of hydrogen-bond donors (Lipinski definition) is 1. The molecule has 0 saturated carbocycles. The molecule has 1 N–H and O–H groups in total. The highest BCUT2D eigenvalue weighted by atomic mass is 32.2. The highest BCUT2D eigenvalue weighted by Crippen LogP contribution is 2.52. The van der Waals surface area contributed by atoms with Crippen LogP contribution in [0.4, 0.5) is 5.69 Å². The van der Waals surface area contributed by atoms with Gasteiger partial charge in [-0.25, -0.2) is 0 Å². The van der Waals surface area contributed by atoms with Crippen molar-refractivity contribution in [2.24, 2.45) is 0 Å². The smallest absolute Gasteiger partial charge is 0.136 e. The Morgan fingerprint density at radius 3 is 2.08 bits per heavy atom. The summed E-state index contributed by atoms with van der Waals surface area (Å²) in [4.78, 5) is 1.26. The third kappa shape index (κ3) is 4.11. The Kier molecular flexibility index (Phi) is 5.66. The fourth-order valence-electron chi connectivity index (χ4n) is 7.79. The molecule has 0 bridgehead atoms. The van der Waals surface area contributed by atoms with Crippen LogP contribution in [0.5, 0.6) is 0 Å². The Morgan fingerprint density at radius 2 is 1.22 bits per heavy atom. The first-order chi connectivity index (χ1) is 24.2. The van der Waals surface area contributed by atoms with Gasteiger partial charge in [0.1, 0.15) is 16.5 Å². The molecular weight excluding hydrogens is 617 g/mol. The van der Waals surface area contributed by atoms with Crippen molar-refractivity contribution in [3.8, 4) is 16.8 Å². The van der Waals surface area contributed by atoms with E-state index < -0.39 is 0 Å². The van der Waals surface area contributed by atoms with E-state index in [4.69, 9.17) is 4.42 Å². The van der Waals surface area contributed by atoms with Crippen LogP contribution in [-0.2, 0) is 0 Å². The van der Waals surface area contributed by atoms with Gasteiger partial charge < -0.3 is 14.3 Å². The van der Waals surface area contributed by atoms with Crippen molar-refractivity contribution >= 4 is 82.7 Å². The van der Waals surface area contributed by atoms with Gasteiger partial charge in [0.25, 0.3) is 0 Å². The number of thioether (sulfide) groups is 1. The van der Waals surface area contributed by atoms with E-state index in [0.29, 0.717) is 0 Å². The van der Waals surface area contributed by atoms with Crippen LogP contribution in [-0.4, -0.2) is 4.57 Å². The maximum Gasteiger partial charge on any atom is 0.136 e. The third-order valence-electron chi connectivity index (χ3n) is 10.2. The zero-order chi connectivity index (χ0) is 32.1. The molecule has 230 valence electrons. The minimum absolute atomic E-state index is 0.135. The predicted octanol–water partition coefficient (Wildman–Crippen LogP) is 12.9. The van der Waals surface area contributed by atoms with Crippen LogP contribution in [0.2, 0.25) is 0 Å². The Bertz CT molecular complexity index is 2950. The van der Waals surface area contributed by atoms with Gasteiger partial charge in [-0.2, -0.15) is 0 Å². The van der Waals surface area contributed by atoms with Crippen molar-refractivity contribution in [3.63, 3.8) is 0 Å². The Hall–Kier alpha value is -5.97. The number of para-hydroxylation sites is 1. The molecule has 10 aromatic rings. The summed E-state index contributed by atoms with van der Waals surface area (Å²) in [7, 11) is 0. The highest BCUT2D eigenvalue weighted by Gasteiger charge is 2.27. The standard InChI is InChI=1S/C45H28N2OS/c1-2-8-30-23-34(19-17-27(30)7-1)47-39-26-33(18-20-35(39)37-24-31-9-3-4-10-32(31)25-40(37)47)28-13-15-29(16-14-28)45-46-38-21-22-42-43(44(38)49-45)36-11-5-6-12-41(36)48-42/h1-26,45-46H. The molecule has 3 nitrogen and oxygen atoms in total. The molecule has 4 heteroatoms. The minimum atomic E-state index is 0.135. The second-order valence-corrected chi connectivity index (χ2v) is 14.1. The van der Waals surface area contributed by atoms with Crippen LogP contribution in [0.3, 0.4) is 0 Å². The molecule has 1 aliphatic rings. The number of nitrogens with one attached hydrogen (secondary N) is 1. The highest BCUT2D eigenvalue weighted by molar-refractivity contribution is 8.00. The number of furan rings is 1. The number of hydrogen-bond acceptors (Lipinski definition) is 3. The first-order valence-electron chi connectivity index (χ1n) is 16.7. The van der Waals surface area contributed by atoms with Crippen LogP contribution in [0.25, 0.3) is 82.1 Å². The van der Waals surface area contributed by atoms with Gasteiger partial charge in [0.05, 0.1) is 11.0 Å². The number of fused-ring (bicyclic) bond motifs is 10. The van der Waals surface area contributed by atoms with Gasteiger partial charge in [0.15, 0.2) is 0 Å². The summed E-state index contributed by atoms with van der Waals surface area (Å²) < 4.78 is 8.61. The second kappa shape index (κ2) is 10.3. The van der Waals surface area contributed by atoms with E-state index in [9.17, 15) is 0 Å². The van der Waals surface area contributed by atoms with Gasteiger partial charge in [0.2, 0.25) is 0 Å². The Labute approximate surface area is 286 Å². The van der Waals surface area contributed by atoms with Crippen LogP contribution >= 0.6 is 11.8 Å². The van der Waals surface area contributed by atoms with Gasteiger partial charge in [-0.15, -0.1) is 0 Å². The van der Waals surface area contributed by atoms with Gasteiger partial charge >= 0.3 is 0 Å². The first kappa shape index (κ1) is 27.0. The lowest BCUT2D eigenvalue weighted by Crippen LogP contribution is -2.00. The summed E-state index contributed by atoms with van der Waals surface area (Å²) in [5.74, 6) is 0. The van der Waals surface area contributed by atoms with Crippen LogP contribution in [0.15, 0.2) is 167 Å². The average molecular weight is 645 g/mol. The van der Waals surface area contributed by atoms with Gasteiger partial charge in [-0.1, -0.05) is 121 Å². The van der Waals surface area contributed by atoms with Crippen LogP contribution < -0.4 is 5.32 Å². The van der Waals surface area contributed by atoms with Crippen molar-refractivity contribution < 1.29 is 4.42 Å². The Balaban J connectivity index is 1.01. The molecule has 0 fully saturated rings. The molecule has 11 rings (SSSR count). The van der Waals surface area contributed by atoms with Crippen molar-refractivity contribution in [1.82, 2.24) is 4.57 Å². The summed E-state index contributed by atoms with van der Waals surface area (Å²) in [6.07, 6.45) is 0. The number of aromatic nitrogens is 1. The zero-order valence-electron chi connectivity index (χ0n) is 26.4. The molecule has 3 heterocycles. The van der Waals surface area contributed by atoms with E-state index in [0.717, 1.165) is 16.9 Å². The van der Waals surface area contributed by atoms with Crippen molar-refractivity contribution in [2.45, 2.75) is 10.3 Å². The van der Waals surface area contributed by atoms with Gasteiger partial charge in [-0.3, -0.25) is 0 Å². The SMILES string of the molecule is c1ccc2cc(-n3c4cc(-c5ccc(C6Nc7ccc8oc9ccccc9c8c7S6)cc5)ccc4c4cc5ccccc5cc43)ccc2c1. The molecule has 0 saturated heterocycles. The van der Waals surface area contributed by atoms with Gasteiger partial charge in [0, 0.05) is 37.8 Å². The van der Waals surface area contributed by atoms with E-state index in [1.807, 2.05) is 23.9 Å². The number of rotatable bonds is 3. The molecule has 0 amide bonds. The number of anilines is 1. The summed E-state index contributed by atoms with van der Waals surface area (Å²) in [5.41, 5.74) is 10.3. The molecule has 8 aromatic carbocycles. The largest absolute Gasteiger partial charge is 0.456 e. The lowest BCUT2D eigenvalue weighted by Gasteiger charge is -2.13. The third-order valence-corrected chi connectivity index (χ3v) is 11.5. The molecule has 1 aliphatic heterocycles. The summed E-state index contributed by atoms with van der Waals surface area (Å²) >= 11 is 1.87. The maximum atomic E-state index is 6.17. The average Bonchev–Trinajstić information content (AvgIpc) is 3.85. The lowest BCUT2D eigenvalue weighted by atomic mass is 10.0. The van der Waals surface area contributed by atoms with Crippen molar-refractivity contribution in [1.29, 1.82) is 0 Å². The summed E-state index contributed by atoms with van der Waals surface area (Å²) in [5, 5.41) is 13.8. The molecular formula is C45H28N2OS. The fourth-order valence-corrected chi connectivity index (χ4v) is 9.09. The predicted molar refractivity (Wildman–Crippen MR) is 207 cm³/mol. The fraction of sp³-hybridized carbons (Fsp3) is 0.0222. The quantitative estimate of drug-likeness (QED) is 0.208. The molecule has 49 heavy (non-hydrogen) atoms. The molecule has 1 unspecified atom stereocenters. The van der Waals surface area contributed by atoms with Gasteiger partial charge in [-0.05, 0) is 86.8 Å². The van der Waals surface area contributed by atoms with E-state index in [2.05, 4.69) is 155 Å². The van der Waals surface area contributed by atoms with E-state index in [-0.39, 0.29) is 5.37 Å². The topological polar surface area (TPSA) is 30.1 Å². The van der Waals surface area contributed by atoms with Crippen LogP contribution in [0.1, 0.15) is 10.9 Å². The summed E-state index contributed by atoms with van der Waals surface area (Å²) in [6, 6.07) is 57.3. The normalized spacial score (nSPS) is 14.4. The first-order valence-corrected chi connectivity index (χ1v) is 17.6. The van der Waals surface area contributed by atoms with E-state index in [1.54, 1.807) is 0 Å². The van der Waals surface area contributed by atoms with Crippen molar-refractivity contribution in [2.75, 3.05) is 5.32 Å². The second-order valence-electron chi connectivity index (χ2n) is 13.0. The monoisotopic (exact) mass is 644 g/mol. The molecule has 0 spiro atoms. The molecule has 2 aromatic heterocycles. The minimum Gasteiger partial charge on any atom is -0.456 e. The number of benzene rings is 8. The Morgan fingerprint density at radius 1 is 0.510 bits per heavy atom. The summed E-state index contributed by atoms with van der Waals surface area (Å²) in [6.45, 7) is 0. The molecule has 0 aliphatic carbocycles. The molecule has 1 atom stereocenters. The maximum absolute atomic E-state index is 6.17. The number of nitrogens with zero attached hydrogens (tertiary/aromatic N) is 1.